The first kappa shape index (κ1) is 16.9. The Morgan fingerprint density at radius 2 is 2.16 bits per heavy atom. The second-order valence-electron chi connectivity index (χ2n) is 5.87. The summed E-state index contributed by atoms with van der Waals surface area (Å²) in [4.78, 5) is 4.51. The highest BCUT2D eigenvalue weighted by molar-refractivity contribution is 7.98. The predicted octanol–water partition coefficient (Wildman–Crippen LogP) is 4.90. The Bertz CT molecular complexity index is 875. The molecule has 5 nitrogen and oxygen atoms in total. The van der Waals surface area contributed by atoms with Crippen LogP contribution >= 0.6 is 34.7 Å². The van der Waals surface area contributed by atoms with Crippen molar-refractivity contribution in [3.63, 3.8) is 0 Å². The smallest absolute Gasteiger partial charge is 0.191 e. The highest BCUT2D eigenvalue weighted by atomic mass is 35.5. The van der Waals surface area contributed by atoms with Crippen molar-refractivity contribution < 1.29 is 4.74 Å². The van der Waals surface area contributed by atoms with Crippen molar-refractivity contribution in [2.24, 2.45) is 0 Å². The molecule has 2 aromatic heterocycles. The van der Waals surface area contributed by atoms with Crippen LogP contribution in [0.1, 0.15) is 35.4 Å². The molecule has 25 heavy (non-hydrogen) atoms. The first-order valence-corrected chi connectivity index (χ1v) is 10.3. The van der Waals surface area contributed by atoms with E-state index in [1.807, 2.05) is 31.2 Å². The van der Waals surface area contributed by atoms with Gasteiger partial charge in [-0.1, -0.05) is 35.5 Å². The number of hydrogen-bond donors (Lipinski definition) is 0. The van der Waals surface area contributed by atoms with E-state index in [9.17, 15) is 0 Å². The van der Waals surface area contributed by atoms with Crippen molar-refractivity contribution in [2.75, 3.05) is 0 Å². The van der Waals surface area contributed by atoms with Crippen LogP contribution in [0.15, 0.2) is 34.8 Å². The lowest BCUT2D eigenvalue weighted by Crippen LogP contribution is -2.07. The molecule has 8 heteroatoms. The topological polar surface area (TPSA) is 52.8 Å². The predicted molar refractivity (Wildman–Crippen MR) is 100 cm³/mol. The molecule has 0 saturated heterocycles. The zero-order chi connectivity index (χ0) is 17.2. The van der Waals surface area contributed by atoms with Gasteiger partial charge in [0.2, 0.25) is 0 Å². The van der Waals surface area contributed by atoms with Crippen molar-refractivity contribution in [1.82, 2.24) is 19.7 Å². The van der Waals surface area contributed by atoms with Gasteiger partial charge in [0.15, 0.2) is 11.0 Å². The maximum absolute atomic E-state index is 6.15. The van der Waals surface area contributed by atoms with Crippen molar-refractivity contribution in [2.45, 2.75) is 43.3 Å². The number of thioether (sulfide) groups is 1. The summed E-state index contributed by atoms with van der Waals surface area (Å²) in [6, 6.07) is 7.96. The SMILES string of the molecule is Cc1nc(CSc2nnc(COc3ccccc3Cl)n2C2CC2)cs1. The Morgan fingerprint density at radius 3 is 2.88 bits per heavy atom. The van der Waals surface area contributed by atoms with Gasteiger partial charge < -0.3 is 4.74 Å². The molecule has 1 aromatic carbocycles. The van der Waals surface area contributed by atoms with Crippen molar-refractivity contribution in [3.8, 4) is 5.75 Å². The second kappa shape index (κ2) is 7.35. The third-order valence-corrected chi connectivity index (χ3v) is 5.97. The minimum atomic E-state index is 0.365. The molecule has 0 atom stereocenters. The highest BCUT2D eigenvalue weighted by Crippen LogP contribution is 2.39. The van der Waals surface area contributed by atoms with Gasteiger partial charge in [-0.25, -0.2) is 4.98 Å². The highest BCUT2D eigenvalue weighted by Gasteiger charge is 2.30. The van der Waals surface area contributed by atoms with E-state index in [0.29, 0.717) is 23.4 Å². The fourth-order valence-corrected chi connectivity index (χ4v) is 4.35. The number of nitrogens with zero attached hydrogens (tertiary/aromatic N) is 4. The average Bonchev–Trinajstić information content (AvgIpc) is 3.23. The number of halogens is 1. The van der Waals surface area contributed by atoms with Gasteiger partial charge in [-0.05, 0) is 31.9 Å². The van der Waals surface area contributed by atoms with E-state index in [-0.39, 0.29) is 0 Å². The van der Waals surface area contributed by atoms with Crippen LogP contribution in [-0.4, -0.2) is 19.7 Å². The number of ether oxygens (including phenoxy) is 1. The molecule has 0 bridgehead atoms. The maximum atomic E-state index is 6.15. The number of benzene rings is 1. The lowest BCUT2D eigenvalue weighted by Gasteiger charge is -2.10. The molecule has 1 aliphatic carbocycles. The van der Waals surface area contributed by atoms with Gasteiger partial charge in [0.1, 0.15) is 12.4 Å². The van der Waals surface area contributed by atoms with Crippen LogP contribution < -0.4 is 4.74 Å². The van der Waals surface area contributed by atoms with Crippen LogP contribution in [0.3, 0.4) is 0 Å². The Morgan fingerprint density at radius 1 is 1.32 bits per heavy atom. The van der Waals surface area contributed by atoms with E-state index in [2.05, 4.69) is 25.1 Å². The molecule has 1 fully saturated rings. The summed E-state index contributed by atoms with van der Waals surface area (Å²) in [7, 11) is 0. The van der Waals surface area contributed by atoms with Crippen LogP contribution in [0.5, 0.6) is 5.75 Å². The van der Waals surface area contributed by atoms with Gasteiger partial charge in [-0.2, -0.15) is 0 Å². The molecule has 2 heterocycles. The molecule has 1 aliphatic rings. The summed E-state index contributed by atoms with van der Waals surface area (Å²) in [5.41, 5.74) is 1.09. The third-order valence-electron chi connectivity index (χ3n) is 3.86. The molecule has 0 unspecified atom stereocenters. The van der Waals surface area contributed by atoms with E-state index in [0.717, 1.165) is 27.4 Å². The molecule has 4 rings (SSSR count). The van der Waals surface area contributed by atoms with Crippen LogP contribution in [-0.2, 0) is 12.4 Å². The number of hydrogen-bond acceptors (Lipinski definition) is 6. The Kier molecular flexibility index (Phi) is 4.96. The molecule has 0 amide bonds. The number of para-hydroxylation sites is 1. The number of rotatable bonds is 7. The van der Waals surface area contributed by atoms with Crippen LogP contribution in [0.2, 0.25) is 5.02 Å². The zero-order valence-corrected chi connectivity index (χ0v) is 16.1. The summed E-state index contributed by atoms with van der Waals surface area (Å²) >= 11 is 9.51. The summed E-state index contributed by atoms with van der Waals surface area (Å²) in [5, 5.41) is 13.4. The molecule has 1 saturated carbocycles. The number of thiazole rings is 1. The molecule has 0 aliphatic heterocycles. The van der Waals surface area contributed by atoms with Crippen LogP contribution in [0.4, 0.5) is 0 Å². The third kappa shape index (κ3) is 3.99. The lowest BCUT2D eigenvalue weighted by atomic mass is 10.3. The maximum Gasteiger partial charge on any atom is 0.191 e. The molecule has 0 N–H and O–H groups in total. The van der Waals surface area contributed by atoms with Crippen LogP contribution in [0.25, 0.3) is 0 Å². The quantitative estimate of drug-likeness (QED) is 0.535. The standard InChI is InChI=1S/C17H17ClN4OS2/c1-11-19-12(9-24-11)10-25-17-21-20-16(22(17)13-6-7-13)8-23-15-5-3-2-4-14(15)18/h2-5,9,13H,6-8,10H2,1H3. The largest absolute Gasteiger partial charge is 0.484 e. The van der Waals surface area contributed by atoms with Gasteiger partial charge in [-0.15, -0.1) is 21.5 Å². The van der Waals surface area contributed by atoms with Gasteiger partial charge >= 0.3 is 0 Å². The zero-order valence-electron chi connectivity index (χ0n) is 13.7. The van der Waals surface area contributed by atoms with Gasteiger partial charge in [0, 0.05) is 17.2 Å². The fourth-order valence-electron chi connectivity index (χ4n) is 2.52. The van der Waals surface area contributed by atoms with Gasteiger partial charge in [0.05, 0.1) is 15.7 Å². The fraction of sp³-hybridized carbons (Fsp3) is 0.353. The minimum absolute atomic E-state index is 0.365. The molecular weight excluding hydrogens is 376 g/mol. The van der Waals surface area contributed by atoms with E-state index >= 15 is 0 Å². The molecule has 0 spiro atoms. The summed E-state index contributed by atoms with van der Waals surface area (Å²) < 4.78 is 8.05. The molecule has 130 valence electrons. The monoisotopic (exact) mass is 392 g/mol. The van der Waals surface area contributed by atoms with Gasteiger partial charge in [0.25, 0.3) is 0 Å². The van der Waals surface area contributed by atoms with Crippen molar-refractivity contribution in [1.29, 1.82) is 0 Å². The number of aryl methyl sites for hydroxylation is 1. The van der Waals surface area contributed by atoms with E-state index < -0.39 is 0 Å². The van der Waals surface area contributed by atoms with Crippen molar-refractivity contribution in [3.05, 3.63) is 51.2 Å². The first-order valence-electron chi connectivity index (χ1n) is 8.05. The van der Waals surface area contributed by atoms with E-state index in [1.165, 1.54) is 12.8 Å². The Hall–Kier alpha value is -1.57. The van der Waals surface area contributed by atoms with Crippen molar-refractivity contribution >= 4 is 34.7 Å². The minimum Gasteiger partial charge on any atom is -0.484 e. The Balaban J connectivity index is 1.47. The molecule has 0 radical (unpaired) electrons. The number of aromatic nitrogens is 4. The van der Waals surface area contributed by atoms with E-state index in [4.69, 9.17) is 16.3 Å². The average molecular weight is 393 g/mol. The molecular formula is C17H17ClN4OS2. The summed E-state index contributed by atoms with van der Waals surface area (Å²) in [5.74, 6) is 2.32. The lowest BCUT2D eigenvalue weighted by molar-refractivity contribution is 0.288. The first-order chi connectivity index (χ1) is 12.2. The normalized spacial score (nSPS) is 14.0. The molecule has 3 aromatic rings. The van der Waals surface area contributed by atoms with Crippen LogP contribution in [0, 0.1) is 6.92 Å². The second-order valence-corrected chi connectivity index (χ2v) is 8.28. The Labute approximate surface area is 159 Å². The van der Waals surface area contributed by atoms with Gasteiger partial charge in [-0.3, -0.25) is 4.57 Å². The summed E-state index contributed by atoms with van der Waals surface area (Å²) in [6.07, 6.45) is 2.33. The van der Waals surface area contributed by atoms with E-state index in [1.54, 1.807) is 23.1 Å². The summed E-state index contributed by atoms with van der Waals surface area (Å²) in [6.45, 7) is 2.39.